The molecule has 1 aromatic carbocycles. The van der Waals surface area contributed by atoms with E-state index in [0.29, 0.717) is 17.5 Å². The van der Waals surface area contributed by atoms with Crippen molar-refractivity contribution in [3.05, 3.63) is 62.5 Å². The minimum absolute atomic E-state index is 0.0917. The Kier molecular flexibility index (Phi) is 3.94. The maximum atomic E-state index is 12.2. The van der Waals surface area contributed by atoms with Crippen LogP contribution in [-0.4, -0.2) is 26.0 Å². The first-order valence-corrected chi connectivity index (χ1v) is 9.09. The fraction of sp³-hybridized carbons (Fsp3) is 0.389. The van der Waals surface area contributed by atoms with E-state index in [1.807, 2.05) is 6.92 Å². The van der Waals surface area contributed by atoms with Crippen molar-refractivity contribution in [2.75, 3.05) is 6.54 Å². The zero-order valence-corrected chi connectivity index (χ0v) is 14.7. The summed E-state index contributed by atoms with van der Waals surface area (Å²) < 4.78 is 1.40. The van der Waals surface area contributed by atoms with Crippen LogP contribution in [0.15, 0.2) is 35.1 Å². The number of benzene rings is 1. The SMILES string of the molecule is Cc1nn2c(=O)cc(CN3CCC[C@H]3c3ccccc3C)nc2s1. The molecule has 1 saturated heterocycles. The van der Waals surface area contributed by atoms with E-state index in [4.69, 9.17) is 0 Å². The Morgan fingerprint density at radius 3 is 2.96 bits per heavy atom. The second kappa shape index (κ2) is 6.11. The van der Waals surface area contributed by atoms with Gasteiger partial charge in [0, 0.05) is 18.7 Å². The molecule has 24 heavy (non-hydrogen) atoms. The summed E-state index contributed by atoms with van der Waals surface area (Å²) in [6, 6.07) is 10.6. The summed E-state index contributed by atoms with van der Waals surface area (Å²) in [6.07, 6.45) is 2.34. The van der Waals surface area contributed by atoms with E-state index in [9.17, 15) is 4.79 Å². The number of hydrogen-bond donors (Lipinski definition) is 0. The molecule has 1 aliphatic rings. The molecule has 6 heteroatoms. The van der Waals surface area contributed by atoms with Gasteiger partial charge >= 0.3 is 0 Å². The quantitative estimate of drug-likeness (QED) is 0.735. The third-order valence-electron chi connectivity index (χ3n) is 4.68. The highest BCUT2D eigenvalue weighted by molar-refractivity contribution is 7.16. The summed E-state index contributed by atoms with van der Waals surface area (Å²) in [5.41, 5.74) is 3.47. The molecule has 5 nitrogen and oxygen atoms in total. The van der Waals surface area contributed by atoms with Gasteiger partial charge < -0.3 is 0 Å². The summed E-state index contributed by atoms with van der Waals surface area (Å²) in [6.45, 7) is 5.82. The van der Waals surface area contributed by atoms with Gasteiger partial charge in [-0.1, -0.05) is 35.6 Å². The smallest absolute Gasteiger partial charge is 0.275 e. The van der Waals surface area contributed by atoms with Gasteiger partial charge in [-0.3, -0.25) is 9.69 Å². The zero-order valence-electron chi connectivity index (χ0n) is 13.9. The van der Waals surface area contributed by atoms with Gasteiger partial charge in [0.05, 0.1) is 5.69 Å². The lowest BCUT2D eigenvalue weighted by atomic mass is 9.99. The van der Waals surface area contributed by atoms with Crippen molar-refractivity contribution in [2.45, 2.75) is 39.3 Å². The van der Waals surface area contributed by atoms with Crippen LogP contribution in [0.5, 0.6) is 0 Å². The average Bonchev–Trinajstić information content (AvgIpc) is 3.14. The van der Waals surface area contributed by atoms with Gasteiger partial charge in [0.25, 0.3) is 5.56 Å². The predicted octanol–water partition coefficient (Wildman–Crippen LogP) is 3.10. The van der Waals surface area contributed by atoms with Crippen molar-refractivity contribution < 1.29 is 0 Å². The second-order valence-electron chi connectivity index (χ2n) is 6.39. The number of fused-ring (bicyclic) bond motifs is 1. The molecular weight excluding hydrogens is 320 g/mol. The van der Waals surface area contributed by atoms with E-state index in [-0.39, 0.29) is 5.56 Å². The second-order valence-corrected chi connectivity index (χ2v) is 7.55. The highest BCUT2D eigenvalue weighted by Crippen LogP contribution is 2.34. The molecule has 0 bridgehead atoms. The predicted molar refractivity (Wildman–Crippen MR) is 95.4 cm³/mol. The fourth-order valence-electron chi connectivity index (χ4n) is 3.57. The monoisotopic (exact) mass is 340 g/mol. The van der Waals surface area contributed by atoms with E-state index in [2.05, 4.69) is 46.2 Å². The summed E-state index contributed by atoms with van der Waals surface area (Å²) in [7, 11) is 0. The average molecular weight is 340 g/mol. The Bertz CT molecular complexity index is 946. The molecule has 0 aliphatic carbocycles. The third-order valence-corrected chi connectivity index (χ3v) is 5.50. The number of nitrogens with zero attached hydrogens (tertiary/aromatic N) is 4. The molecule has 2 aromatic heterocycles. The lowest BCUT2D eigenvalue weighted by Gasteiger charge is -2.25. The van der Waals surface area contributed by atoms with Crippen molar-refractivity contribution in [1.82, 2.24) is 19.5 Å². The highest BCUT2D eigenvalue weighted by Gasteiger charge is 2.27. The maximum absolute atomic E-state index is 12.2. The van der Waals surface area contributed by atoms with Crippen LogP contribution in [0.25, 0.3) is 4.96 Å². The number of hydrogen-bond acceptors (Lipinski definition) is 5. The normalized spacial score (nSPS) is 18.5. The molecule has 1 aliphatic heterocycles. The summed E-state index contributed by atoms with van der Waals surface area (Å²) in [5.74, 6) is 0. The van der Waals surface area contributed by atoms with E-state index in [1.54, 1.807) is 6.07 Å². The molecule has 0 unspecified atom stereocenters. The van der Waals surface area contributed by atoms with Crippen LogP contribution in [0.1, 0.15) is 40.7 Å². The van der Waals surface area contributed by atoms with Crippen LogP contribution in [0.4, 0.5) is 0 Å². The van der Waals surface area contributed by atoms with Crippen molar-refractivity contribution in [1.29, 1.82) is 0 Å². The summed E-state index contributed by atoms with van der Waals surface area (Å²) in [4.78, 5) is 20.0. The standard InChI is InChI=1S/C18H20N4OS/c1-12-6-3-4-7-15(12)16-8-5-9-21(16)11-14-10-17(23)22-18(19-14)24-13(2)20-22/h3-4,6-7,10,16H,5,8-9,11H2,1-2H3/t16-/m0/s1. The topological polar surface area (TPSA) is 50.5 Å². The Labute approximate surface area is 144 Å². The van der Waals surface area contributed by atoms with Gasteiger partial charge in [-0.2, -0.15) is 9.61 Å². The molecule has 1 fully saturated rings. The van der Waals surface area contributed by atoms with Crippen LogP contribution >= 0.6 is 11.3 Å². The van der Waals surface area contributed by atoms with Crippen molar-refractivity contribution in [3.8, 4) is 0 Å². The van der Waals surface area contributed by atoms with Gasteiger partial charge in [0.2, 0.25) is 4.96 Å². The molecule has 0 amide bonds. The number of aromatic nitrogens is 3. The molecule has 0 spiro atoms. The van der Waals surface area contributed by atoms with Crippen LogP contribution in [0, 0.1) is 13.8 Å². The molecule has 4 rings (SSSR count). The van der Waals surface area contributed by atoms with Crippen LogP contribution in [0.2, 0.25) is 0 Å². The molecule has 0 saturated carbocycles. The maximum Gasteiger partial charge on any atom is 0.275 e. The Balaban J connectivity index is 1.65. The molecule has 1 atom stereocenters. The Morgan fingerprint density at radius 2 is 2.12 bits per heavy atom. The van der Waals surface area contributed by atoms with Crippen LogP contribution in [0.3, 0.4) is 0 Å². The summed E-state index contributed by atoms with van der Waals surface area (Å²) in [5, 5.41) is 5.06. The molecule has 3 heterocycles. The first-order valence-electron chi connectivity index (χ1n) is 8.28. The minimum atomic E-state index is -0.0917. The first kappa shape index (κ1) is 15.5. The van der Waals surface area contributed by atoms with Crippen molar-refractivity contribution >= 4 is 16.3 Å². The molecular formula is C18H20N4OS. The minimum Gasteiger partial charge on any atom is -0.290 e. The summed E-state index contributed by atoms with van der Waals surface area (Å²) >= 11 is 1.46. The molecule has 0 radical (unpaired) electrons. The van der Waals surface area contributed by atoms with Crippen LogP contribution in [-0.2, 0) is 6.54 Å². The first-order chi connectivity index (χ1) is 11.6. The lowest BCUT2D eigenvalue weighted by molar-refractivity contribution is 0.245. The van der Waals surface area contributed by atoms with Gasteiger partial charge in [-0.15, -0.1) is 0 Å². The number of likely N-dealkylation sites (tertiary alicyclic amines) is 1. The molecule has 0 N–H and O–H groups in total. The highest BCUT2D eigenvalue weighted by atomic mass is 32.1. The fourth-order valence-corrected chi connectivity index (χ4v) is 4.34. The van der Waals surface area contributed by atoms with Crippen LogP contribution < -0.4 is 5.56 Å². The van der Waals surface area contributed by atoms with E-state index in [0.717, 1.165) is 23.7 Å². The Morgan fingerprint density at radius 1 is 1.29 bits per heavy atom. The largest absolute Gasteiger partial charge is 0.290 e. The molecule has 3 aromatic rings. The van der Waals surface area contributed by atoms with Crippen molar-refractivity contribution in [2.24, 2.45) is 0 Å². The zero-order chi connectivity index (χ0) is 16.7. The van der Waals surface area contributed by atoms with Crippen molar-refractivity contribution in [3.63, 3.8) is 0 Å². The van der Waals surface area contributed by atoms with Gasteiger partial charge in [0.1, 0.15) is 5.01 Å². The van der Waals surface area contributed by atoms with Gasteiger partial charge in [-0.25, -0.2) is 4.98 Å². The van der Waals surface area contributed by atoms with E-state index in [1.165, 1.54) is 33.4 Å². The van der Waals surface area contributed by atoms with Gasteiger partial charge in [0.15, 0.2) is 0 Å². The number of aryl methyl sites for hydroxylation is 2. The third kappa shape index (κ3) is 2.76. The number of rotatable bonds is 3. The molecule has 124 valence electrons. The van der Waals surface area contributed by atoms with E-state index >= 15 is 0 Å². The lowest BCUT2D eigenvalue weighted by Crippen LogP contribution is -2.25. The van der Waals surface area contributed by atoms with Gasteiger partial charge in [-0.05, 0) is 44.4 Å². The Hall–Kier alpha value is -2.05. The van der Waals surface area contributed by atoms with E-state index < -0.39 is 0 Å².